The van der Waals surface area contributed by atoms with Crippen LogP contribution in [0.4, 0.5) is 62.7 Å². The van der Waals surface area contributed by atoms with Crippen molar-refractivity contribution in [3.05, 3.63) is 87.0 Å². The third-order valence-corrected chi connectivity index (χ3v) is 9.46. The van der Waals surface area contributed by atoms with Crippen LogP contribution in [-0.4, -0.2) is 50.9 Å². The maximum Gasteiger partial charge on any atom is 0.508 e. The zero-order valence-electron chi connectivity index (χ0n) is 27.8. The van der Waals surface area contributed by atoms with Crippen molar-refractivity contribution in [1.82, 2.24) is 0 Å². The Morgan fingerprint density at radius 3 is 1.15 bits per heavy atom. The van der Waals surface area contributed by atoms with Crippen LogP contribution in [0.5, 0.6) is 0 Å². The highest BCUT2D eigenvalue weighted by atomic mass is 19.3. The lowest BCUT2D eigenvalue weighted by atomic mass is 9.79. The topological polar surface area (TPSA) is 208 Å². The van der Waals surface area contributed by atoms with Crippen LogP contribution in [0.15, 0.2) is 24.3 Å². The summed E-state index contributed by atoms with van der Waals surface area (Å²) in [6, 6.07) is 1.07. The van der Waals surface area contributed by atoms with E-state index >= 15 is 35.1 Å². The number of hydrogen-bond donors (Lipinski definition) is 0. The molecule has 0 radical (unpaired) electrons. The lowest BCUT2D eigenvalue weighted by molar-refractivity contribution is -0.396. The first kappa shape index (κ1) is 41.5. The van der Waals surface area contributed by atoms with Gasteiger partial charge in [0.05, 0.1) is 31.8 Å². The van der Waals surface area contributed by atoms with E-state index in [1.807, 2.05) is 0 Å². The summed E-state index contributed by atoms with van der Waals surface area (Å²) >= 11 is 0. The monoisotopic (exact) mass is 786 g/mol. The Kier molecular flexibility index (Phi) is 12.0. The first-order chi connectivity index (χ1) is 25.0. The molecule has 4 rings (SSSR count). The fourth-order valence-electron chi connectivity index (χ4n) is 6.81. The van der Waals surface area contributed by atoms with Gasteiger partial charge in [0.1, 0.15) is 11.1 Å². The number of ether oxygens (including phenoxy) is 2. The van der Waals surface area contributed by atoms with Gasteiger partial charge < -0.3 is 9.47 Å². The largest absolute Gasteiger partial charge is 0.508 e. The van der Waals surface area contributed by atoms with Crippen LogP contribution in [0.1, 0.15) is 98.3 Å². The van der Waals surface area contributed by atoms with Crippen molar-refractivity contribution in [2.45, 2.75) is 99.7 Å². The SMILES string of the molecule is O=C(OCC(F)(F)C(F)(F)c1c(C2CCCCC2)cc([N+](=O)[O-])cc1[N+](=O)[O-])OCC(F)(F)C(F)(F)c1c(C2CCCCC2)cc([N+](=O)[O-])cc1[N+](=O)[O-]. The number of alkyl halides is 8. The Hall–Kier alpha value is -5.25. The molecule has 54 heavy (non-hydrogen) atoms. The molecule has 0 amide bonds. The number of benzene rings is 2. The summed E-state index contributed by atoms with van der Waals surface area (Å²) in [7, 11) is 0. The van der Waals surface area contributed by atoms with Crippen molar-refractivity contribution in [2.75, 3.05) is 13.2 Å². The Morgan fingerprint density at radius 1 is 0.556 bits per heavy atom. The number of carbonyl (C=O) groups is 1. The predicted molar refractivity (Wildman–Crippen MR) is 166 cm³/mol. The van der Waals surface area contributed by atoms with Crippen LogP contribution in [-0.2, 0) is 21.3 Å². The highest BCUT2D eigenvalue weighted by Crippen LogP contribution is 2.54. The van der Waals surface area contributed by atoms with E-state index in [0.717, 1.165) is 0 Å². The van der Waals surface area contributed by atoms with Gasteiger partial charge in [-0.1, -0.05) is 38.5 Å². The average molecular weight is 787 g/mol. The fraction of sp³-hybridized carbons (Fsp3) is 0.581. The molecule has 2 saturated carbocycles. The minimum Gasteiger partial charge on any atom is -0.428 e. The third-order valence-electron chi connectivity index (χ3n) is 9.46. The molecule has 0 aliphatic heterocycles. The minimum absolute atomic E-state index is 0.0397. The molecule has 0 spiro atoms. The Bertz CT molecular complexity index is 1690. The van der Waals surface area contributed by atoms with E-state index in [0.29, 0.717) is 50.7 Å². The quantitative estimate of drug-likeness (QED) is 0.0762. The smallest absolute Gasteiger partial charge is 0.428 e. The maximum absolute atomic E-state index is 15.7. The van der Waals surface area contributed by atoms with Gasteiger partial charge in [0.2, 0.25) is 0 Å². The average Bonchev–Trinajstić information content (AvgIpc) is 3.12. The number of hydrogen-bond acceptors (Lipinski definition) is 11. The standard InChI is InChI=1S/C31H30F8N4O11/c32-28(33,30(36,37)25-21(17-7-3-1-4-8-17)11-19(40(45)46)13-23(25)42(49)50)15-53-27(44)54-16-29(34,35)31(38,39)26-22(18-9-5-2-6-10-18)12-20(41(47)48)14-24(26)43(51)52/h11-14,17-18H,1-10,15-16H2. The minimum atomic E-state index is -5.61. The van der Waals surface area contributed by atoms with Crippen LogP contribution in [0.25, 0.3) is 0 Å². The molecule has 0 aromatic heterocycles. The number of rotatable bonds is 14. The Labute approximate surface area is 298 Å². The number of non-ortho nitro benzene ring substituents is 2. The first-order valence-corrected chi connectivity index (χ1v) is 16.3. The molecule has 2 fully saturated rings. The molecule has 23 heteroatoms. The molecule has 15 nitrogen and oxygen atoms in total. The van der Waals surface area contributed by atoms with Gasteiger partial charge >= 0.3 is 29.8 Å². The second-order valence-corrected chi connectivity index (χ2v) is 12.9. The van der Waals surface area contributed by atoms with E-state index in [-0.39, 0.29) is 37.8 Å². The van der Waals surface area contributed by atoms with E-state index in [9.17, 15) is 45.3 Å². The van der Waals surface area contributed by atoms with Crippen molar-refractivity contribution < 1.29 is 69.1 Å². The zero-order valence-corrected chi connectivity index (χ0v) is 27.8. The lowest BCUT2D eigenvalue weighted by Gasteiger charge is -2.31. The van der Waals surface area contributed by atoms with Gasteiger partial charge in [-0.3, -0.25) is 40.5 Å². The van der Waals surface area contributed by atoms with Crippen molar-refractivity contribution in [3.63, 3.8) is 0 Å². The van der Waals surface area contributed by atoms with Crippen molar-refractivity contribution >= 4 is 28.9 Å². The molecule has 296 valence electrons. The number of nitro benzene ring substituents is 4. The van der Waals surface area contributed by atoms with Crippen LogP contribution < -0.4 is 0 Å². The van der Waals surface area contributed by atoms with Gasteiger partial charge in [0.15, 0.2) is 13.2 Å². The van der Waals surface area contributed by atoms with Crippen molar-refractivity contribution in [3.8, 4) is 0 Å². The predicted octanol–water partition coefficient (Wildman–Crippen LogP) is 9.72. The normalized spacial score (nSPS) is 16.4. The van der Waals surface area contributed by atoms with E-state index < -0.39 is 120 Å². The van der Waals surface area contributed by atoms with Crippen molar-refractivity contribution in [2.24, 2.45) is 0 Å². The summed E-state index contributed by atoms with van der Waals surface area (Å²) in [4.78, 5) is 53.0. The fourth-order valence-corrected chi connectivity index (χ4v) is 6.81. The molecular weight excluding hydrogens is 756 g/mol. The summed E-state index contributed by atoms with van der Waals surface area (Å²) in [5.41, 5.74) is -11.1. The summed E-state index contributed by atoms with van der Waals surface area (Å²) in [5, 5.41) is 46.3. The van der Waals surface area contributed by atoms with Gasteiger partial charge in [-0.25, -0.2) is 4.79 Å². The second kappa shape index (κ2) is 15.6. The summed E-state index contributed by atoms with van der Waals surface area (Å²) in [6.07, 6.45) is 0.158. The molecule has 2 aliphatic carbocycles. The second-order valence-electron chi connectivity index (χ2n) is 12.9. The van der Waals surface area contributed by atoms with Crippen LogP contribution >= 0.6 is 0 Å². The summed E-state index contributed by atoms with van der Waals surface area (Å²) in [6.45, 7) is -5.45. The molecule has 2 aromatic rings. The molecule has 0 bridgehead atoms. The third kappa shape index (κ3) is 8.27. The Balaban J connectivity index is 1.60. The van der Waals surface area contributed by atoms with Gasteiger partial charge in [-0.05, 0) is 48.6 Å². The van der Waals surface area contributed by atoms with Gasteiger partial charge in [0, 0.05) is 12.1 Å². The number of nitro groups is 4. The molecule has 2 aliphatic rings. The number of carbonyl (C=O) groups excluding carboxylic acids is 1. The molecule has 0 atom stereocenters. The van der Waals surface area contributed by atoms with Crippen LogP contribution in [0.3, 0.4) is 0 Å². The van der Waals surface area contributed by atoms with Gasteiger partial charge in [-0.2, -0.15) is 35.1 Å². The van der Waals surface area contributed by atoms with Crippen molar-refractivity contribution in [1.29, 1.82) is 0 Å². The lowest BCUT2D eigenvalue weighted by Crippen LogP contribution is -2.45. The first-order valence-electron chi connectivity index (χ1n) is 16.3. The highest BCUT2D eigenvalue weighted by molar-refractivity contribution is 5.61. The molecule has 0 heterocycles. The van der Waals surface area contributed by atoms with Gasteiger partial charge in [-0.15, -0.1) is 0 Å². The maximum atomic E-state index is 15.7. The number of nitrogens with zero attached hydrogens (tertiary/aromatic N) is 4. The molecule has 0 unspecified atom stereocenters. The van der Waals surface area contributed by atoms with E-state index in [4.69, 9.17) is 0 Å². The van der Waals surface area contributed by atoms with Crippen LogP contribution in [0, 0.1) is 40.5 Å². The molecular formula is C31H30F8N4O11. The molecule has 2 aromatic carbocycles. The summed E-state index contributed by atoms with van der Waals surface area (Å²) < 4.78 is 131. The van der Waals surface area contributed by atoms with Crippen LogP contribution in [0.2, 0.25) is 0 Å². The van der Waals surface area contributed by atoms with E-state index in [1.54, 1.807) is 0 Å². The Morgan fingerprint density at radius 2 is 0.870 bits per heavy atom. The molecule has 0 saturated heterocycles. The van der Waals surface area contributed by atoms with Gasteiger partial charge in [0.25, 0.3) is 22.7 Å². The highest BCUT2D eigenvalue weighted by Gasteiger charge is 2.64. The number of halogens is 8. The molecule has 0 N–H and O–H groups in total. The zero-order chi connectivity index (χ0) is 40.4. The summed E-state index contributed by atoms with van der Waals surface area (Å²) in [5.74, 6) is -24.5. The van der Waals surface area contributed by atoms with E-state index in [1.165, 1.54) is 0 Å². The van der Waals surface area contributed by atoms with E-state index in [2.05, 4.69) is 9.47 Å².